The van der Waals surface area contributed by atoms with E-state index in [9.17, 15) is 0 Å². The van der Waals surface area contributed by atoms with Gasteiger partial charge in [0.1, 0.15) is 17.4 Å². The fraction of sp³-hybridized carbons (Fsp3) is 0.278. The Hall–Kier alpha value is -2.77. The molecule has 2 N–H and O–H groups in total. The Morgan fingerprint density at radius 1 is 1.20 bits per heavy atom. The molecule has 4 rings (SSSR count). The summed E-state index contributed by atoms with van der Waals surface area (Å²) in [6.45, 7) is 2.66. The molecule has 3 aromatic rings. The minimum absolute atomic E-state index is 0.0705. The molecule has 0 bridgehead atoms. The number of rotatable bonds is 4. The molecule has 7 heteroatoms. The molecule has 128 valence electrons. The molecular formula is C18H20N6O. The van der Waals surface area contributed by atoms with Crippen molar-refractivity contribution < 1.29 is 4.74 Å². The Labute approximate surface area is 146 Å². The van der Waals surface area contributed by atoms with Gasteiger partial charge in [-0.05, 0) is 36.8 Å². The van der Waals surface area contributed by atoms with Gasteiger partial charge in [0, 0.05) is 12.7 Å². The van der Waals surface area contributed by atoms with Crippen molar-refractivity contribution >= 4 is 0 Å². The van der Waals surface area contributed by atoms with Gasteiger partial charge < -0.3 is 4.74 Å². The quantitative estimate of drug-likeness (QED) is 0.758. The molecule has 1 aliphatic rings. The maximum absolute atomic E-state index is 5.36. The summed E-state index contributed by atoms with van der Waals surface area (Å²) in [6, 6.07) is 13.9. The second-order valence-electron chi connectivity index (χ2n) is 6.00. The SMILES string of the molecule is COc1cccc(C2NNCC2c2nc(C)nn2-c2ccccn2)c1. The molecule has 0 spiro atoms. The van der Waals surface area contributed by atoms with Crippen LogP contribution in [-0.2, 0) is 0 Å². The summed E-state index contributed by atoms with van der Waals surface area (Å²) in [5.74, 6) is 3.36. The number of ether oxygens (including phenoxy) is 1. The van der Waals surface area contributed by atoms with Crippen LogP contribution in [0.2, 0.25) is 0 Å². The maximum Gasteiger partial charge on any atom is 0.155 e. The average Bonchev–Trinajstić information content (AvgIpc) is 3.29. The monoisotopic (exact) mass is 336 g/mol. The highest BCUT2D eigenvalue weighted by Crippen LogP contribution is 2.34. The molecule has 1 saturated heterocycles. The molecule has 1 fully saturated rings. The predicted molar refractivity (Wildman–Crippen MR) is 93.5 cm³/mol. The maximum atomic E-state index is 5.36. The lowest BCUT2D eigenvalue weighted by molar-refractivity contribution is 0.412. The summed E-state index contributed by atoms with van der Waals surface area (Å²) >= 11 is 0. The normalized spacial score (nSPS) is 19.9. The molecule has 7 nitrogen and oxygen atoms in total. The van der Waals surface area contributed by atoms with Gasteiger partial charge in [-0.3, -0.25) is 5.43 Å². The van der Waals surface area contributed by atoms with Gasteiger partial charge in [-0.1, -0.05) is 18.2 Å². The number of hydrogen-bond donors (Lipinski definition) is 2. The lowest BCUT2D eigenvalue weighted by Gasteiger charge is -2.19. The summed E-state index contributed by atoms with van der Waals surface area (Å²) in [5, 5.41) is 4.55. The van der Waals surface area contributed by atoms with Crippen molar-refractivity contribution in [1.82, 2.24) is 30.6 Å². The van der Waals surface area contributed by atoms with Crippen LogP contribution in [0.3, 0.4) is 0 Å². The third-order valence-corrected chi connectivity index (χ3v) is 4.37. The zero-order valence-electron chi connectivity index (χ0n) is 14.2. The molecule has 0 radical (unpaired) electrons. The highest BCUT2D eigenvalue weighted by atomic mass is 16.5. The second-order valence-corrected chi connectivity index (χ2v) is 6.00. The zero-order valence-corrected chi connectivity index (χ0v) is 14.2. The first-order chi connectivity index (χ1) is 12.3. The van der Waals surface area contributed by atoms with Crippen molar-refractivity contribution in [3.63, 3.8) is 0 Å². The Kier molecular flexibility index (Phi) is 4.17. The number of benzene rings is 1. The van der Waals surface area contributed by atoms with Crippen LogP contribution in [0.25, 0.3) is 5.82 Å². The molecule has 0 aliphatic carbocycles. The molecule has 0 amide bonds. The highest BCUT2D eigenvalue weighted by Gasteiger charge is 2.34. The van der Waals surface area contributed by atoms with Gasteiger partial charge >= 0.3 is 0 Å². The van der Waals surface area contributed by atoms with E-state index >= 15 is 0 Å². The van der Waals surface area contributed by atoms with E-state index in [1.54, 1.807) is 13.3 Å². The Morgan fingerprint density at radius 3 is 2.92 bits per heavy atom. The van der Waals surface area contributed by atoms with Crippen LogP contribution >= 0.6 is 0 Å². The first-order valence-corrected chi connectivity index (χ1v) is 8.23. The van der Waals surface area contributed by atoms with Gasteiger partial charge in [0.05, 0.1) is 19.1 Å². The lowest BCUT2D eigenvalue weighted by Crippen LogP contribution is -2.25. The molecule has 2 atom stereocenters. The molecule has 2 aromatic heterocycles. The largest absolute Gasteiger partial charge is 0.497 e. The molecule has 3 heterocycles. The summed E-state index contributed by atoms with van der Waals surface area (Å²) in [4.78, 5) is 9.11. The number of aryl methyl sites for hydroxylation is 1. The van der Waals surface area contributed by atoms with E-state index < -0.39 is 0 Å². The van der Waals surface area contributed by atoms with E-state index in [1.807, 2.05) is 48.0 Å². The molecule has 1 aromatic carbocycles. The summed E-state index contributed by atoms with van der Waals surface area (Å²) in [6.07, 6.45) is 1.76. The number of pyridine rings is 1. The number of hydrazine groups is 1. The zero-order chi connectivity index (χ0) is 17.2. The smallest absolute Gasteiger partial charge is 0.155 e. The fourth-order valence-corrected chi connectivity index (χ4v) is 3.21. The van der Waals surface area contributed by atoms with Crippen molar-refractivity contribution in [2.45, 2.75) is 18.9 Å². The topological polar surface area (TPSA) is 76.9 Å². The predicted octanol–water partition coefficient (Wildman–Crippen LogP) is 1.91. The van der Waals surface area contributed by atoms with Crippen LogP contribution in [0.1, 0.15) is 29.2 Å². The third-order valence-electron chi connectivity index (χ3n) is 4.37. The number of nitrogens with zero attached hydrogens (tertiary/aromatic N) is 4. The minimum atomic E-state index is 0.0705. The van der Waals surface area contributed by atoms with Gasteiger partial charge in [0.2, 0.25) is 0 Å². The minimum Gasteiger partial charge on any atom is -0.497 e. The van der Waals surface area contributed by atoms with E-state index in [2.05, 4.69) is 32.0 Å². The van der Waals surface area contributed by atoms with Crippen LogP contribution in [0.4, 0.5) is 0 Å². The van der Waals surface area contributed by atoms with Crippen LogP contribution in [0, 0.1) is 6.92 Å². The first kappa shape index (κ1) is 15.7. The van der Waals surface area contributed by atoms with E-state index in [0.717, 1.165) is 35.3 Å². The third kappa shape index (κ3) is 2.99. The van der Waals surface area contributed by atoms with Crippen molar-refractivity contribution in [2.75, 3.05) is 13.7 Å². The molecular weight excluding hydrogens is 316 g/mol. The number of methoxy groups -OCH3 is 1. The Morgan fingerprint density at radius 2 is 2.12 bits per heavy atom. The Bertz CT molecular complexity index is 863. The van der Waals surface area contributed by atoms with E-state index in [-0.39, 0.29) is 12.0 Å². The standard InChI is InChI=1S/C18H20N6O/c1-12-21-18(24(23-12)16-8-3-4-9-19-16)15-11-20-22-17(15)13-6-5-7-14(10-13)25-2/h3-10,15,17,20,22H,11H2,1-2H3. The molecule has 2 unspecified atom stereocenters. The van der Waals surface area contributed by atoms with Crippen molar-refractivity contribution in [1.29, 1.82) is 0 Å². The summed E-state index contributed by atoms with van der Waals surface area (Å²) in [5.41, 5.74) is 7.75. The van der Waals surface area contributed by atoms with Gasteiger partial charge in [0.15, 0.2) is 5.82 Å². The van der Waals surface area contributed by atoms with Crippen molar-refractivity contribution in [2.24, 2.45) is 0 Å². The van der Waals surface area contributed by atoms with E-state index in [0.29, 0.717) is 0 Å². The summed E-state index contributed by atoms with van der Waals surface area (Å²) in [7, 11) is 1.68. The van der Waals surface area contributed by atoms with E-state index in [4.69, 9.17) is 4.74 Å². The van der Waals surface area contributed by atoms with E-state index in [1.165, 1.54) is 0 Å². The highest BCUT2D eigenvalue weighted by molar-refractivity contribution is 5.34. The van der Waals surface area contributed by atoms with Crippen LogP contribution in [0.5, 0.6) is 5.75 Å². The first-order valence-electron chi connectivity index (χ1n) is 8.23. The van der Waals surface area contributed by atoms with Crippen LogP contribution < -0.4 is 15.6 Å². The number of aromatic nitrogens is 4. The Balaban J connectivity index is 1.74. The average molecular weight is 336 g/mol. The van der Waals surface area contributed by atoms with Gasteiger partial charge in [0.25, 0.3) is 0 Å². The molecule has 0 saturated carbocycles. The lowest BCUT2D eigenvalue weighted by atomic mass is 9.94. The molecule has 1 aliphatic heterocycles. The van der Waals surface area contributed by atoms with Gasteiger partial charge in [-0.25, -0.2) is 15.4 Å². The fourth-order valence-electron chi connectivity index (χ4n) is 3.21. The van der Waals surface area contributed by atoms with Gasteiger partial charge in [-0.2, -0.15) is 4.68 Å². The van der Waals surface area contributed by atoms with Crippen LogP contribution in [-0.4, -0.2) is 33.4 Å². The van der Waals surface area contributed by atoms with Crippen molar-refractivity contribution in [3.05, 3.63) is 65.9 Å². The van der Waals surface area contributed by atoms with Crippen LogP contribution in [0.15, 0.2) is 48.7 Å². The number of hydrogen-bond acceptors (Lipinski definition) is 6. The molecule has 25 heavy (non-hydrogen) atoms. The number of nitrogens with one attached hydrogen (secondary N) is 2. The summed E-state index contributed by atoms with van der Waals surface area (Å²) < 4.78 is 7.20. The van der Waals surface area contributed by atoms with Gasteiger partial charge in [-0.15, -0.1) is 5.10 Å². The van der Waals surface area contributed by atoms with Crippen molar-refractivity contribution in [3.8, 4) is 11.6 Å². The second kappa shape index (κ2) is 6.62.